The van der Waals surface area contributed by atoms with Crippen molar-refractivity contribution in [2.24, 2.45) is 0 Å². The molecule has 3 rings (SSSR count). The van der Waals surface area contributed by atoms with E-state index in [1.165, 1.54) is 0 Å². The summed E-state index contributed by atoms with van der Waals surface area (Å²) in [6.07, 6.45) is 5.01. The molecule has 0 aromatic carbocycles. The zero-order valence-corrected chi connectivity index (χ0v) is 13.5. The lowest BCUT2D eigenvalue weighted by atomic mass is 10.1. The first kappa shape index (κ1) is 15.6. The third kappa shape index (κ3) is 3.53. The number of hydrogen-bond acceptors (Lipinski definition) is 5. The van der Waals surface area contributed by atoms with E-state index in [1.54, 1.807) is 12.4 Å². The van der Waals surface area contributed by atoms with Gasteiger partial charge in [0.2, 0.25) is 0 Å². The van der Waals surface area contributed by atoms with Crippen molar-refractivity contribution in [1.82, 2.24) is 24.8 Å². The Labute approximate surface area is 136 Å². The predicted octanol–water partition coefficient (Wildman–Crippen LogP) is 1.70. The summed E-state index contributed by atoms with van der Waals surface area (Å²) in [6.45, 7) is 7.09. The van der Waals surface area contributed by atoms with Gasteiger partial charge >= 0.3 is 0 Å². The topological polar surface area (TPSA) is 62.2 Å². The van der Waals surface area contributed by atoms with Crippen LogP contribution in [-0.4, -0.2) is 56.8 Å². The van der Waals surface area contributed by atoms with Gasteiger partial charge in [-0.1, -0.05) is 6.07 Å². The number of nitrogens with zero attached hydrogens (tertiary/aromatic N) is 5. The highest BCUT2D eigenvalue weighted by atomic mass is 16.2. The number of carbonyl (C=O) groups is 1. The van der Waals surface area contributed by atoms with Crippen LogP contribution in [0, 0.1) is 6.92 Å². The molecule has 2 aromatic rings. The Morgan fingerprint density at radius 1 is 1.09 bits per heavy atom. The van der Waals surface area contributed by atoms with E-state index < -0.39 is 0 Å². The fraction of sp³-hybridized carbons (Fsp3) is 0.412. The Balaban J connectivity index is 1.60. The SMILES string of the molecule is Cc1cnc(C(=O)N2CCN(C(C)c3ccccn3)CC2)cn1. The quantitative estimate of drug-likeness (QED) is 0.863. The third-order valence-electron chi connectivity index (χ3n) is 4.27. The van der Waals surface area contributed by atoms with Gasteiger partial charge in [0.15, 0.2) is 0 Å². The highest BCUT2D eigenvalue weighted by Crippen LogP contribution is 2.19. The molecule has 0 spiro atoms. The normalized spacial score (nSPS) is 17.0. The van der Waals surface area contributed by atoms with Crippen molar-refractivity contribution >= 4 is 5.91 Å². The second-order valence-corrected chi connectivity index (χ2v) is 5.80. The van der Waals surface area contributed by atoms with Gasteiger partial charge in [0.1, 0.15) is 5.69 Å². The van der Waals surface area contributed by atoms with Gasteiger partial charge in [0.25, 0.3) is 5.91 Å². The summed E-state index contributed by atoms with van der Waals surface area (Å²) in [4.78, 5) is 29.4. The van der Waals surface area contributed by atoms with E-state index in [-0.39, 0.29) is 11.9 Å². The first-order valence-electron chi connectivity index (χ1n) is 7.88. The van der Waals surface area contributed by atoms with Crippen LogP contribution in [0.4, 0.5) is 0 Å². The zero-order chi connectivity index (χ0) is 16.2. The van der Waals surface area contributed by atoms with Crippen LogP contribution in [0.25, 0.3) is 0 Å². The molecule has 0 N–H and O–H groups in total. The molecular formula is C17H21N5O. The van der Waals surface area contributed by atoms with Crippen molar-refractivity contribution in [2.45, 2.75) is 19.9 Å². The number of aryl methyl sites for hydroxylation is 1. The molecule has 6 heteroatoms. The minimum absolute atomic E-state index is 0.0392. The lowest BCUT2D eigenvalue weighted by Gasteiger charge is -2.37. The molecule has 2 aromatic heterocycles. The number of aromatic nitrogens is 3. The Bertz CT molecular complexity index is 650. The van der Waals surface area contributed by atoms with Crippen LogP contribution in [0.2, 0.25) is 0 Å². The number of piperazine rings is 1. The predicted molar refractivity (Wildman–Crippen MR) is 86.9 cm³/mol. The van der Waals surface area contributed by atoms with E-state index in [4.69, 9.17) is 0 Å². The maximum Gasteiger partial charge on any atom is 0.274 e. The molecule has 1 saturated heterocycles. The van der Waals surface area contributed by atoms with Crippen LogP contribution in [-0.2, 0) is 0 Å². The van der Waals surface area contributed by atoms with Crippen LogP contribution in [0.5, 0.6) is 0 Å². The molecule has 0 aliphatic carbocycles. The Hall–Kier alpha value is -2.34. The molecule has 1 atom stereocenters. The summed E-state index contributed by atoms with van der Waals surface area (Å²) in [7, 11) is 0. The van der Waals surface area contributed by atoms with Crippen molar-refractivity contribution in [3.8, 4) is 0 Å². The first-order chi connectivity index (χ1) is 11.1. The molecule has 0 saturated carbocycles. The van der Waals surface area contributed by atoms with Crippen LogP contribution in [0.1, 0.15) is 34.8 Å². The maximum atomic E-state index is 12.5. The van der Waals surface area contributed by atoms with Crippen molar-refractivity contribution in [2.75, 3.05) is 26.2 Å². The Morgan fingerprint density at radius 2 is 1.87 bits per heavy atom. The second kappa shape index (κ2) is 6.83. The summed E-state index contributed by atoms with van der Waals surface area (Å²) in [5, 5.41) is 0. The lowest BCUT2D eigenvalue weighted by molar-refractivity contribution is 0.0573. The number of rotatable bonds is 3. The van der Waals surface area contributed by atoms with Crippen LogP contribution < -0.4 is 0 Å². The largest absolute Gasteiger partial charge is 0.335 e. The number of pyridine rings is 1. The fourth-order valence-electron chi connectivity index (χ4n) is 2.79. The van der Waals surface area contributed by atoms with Crippen LogP contribution >= 0.6 is 0 Å². The minimum Gasteiger partial charge on any atom is -0.335 e. The van der Waals surface area contributed by atoms with Crippen molar-refractivity contribution < 1.29 is 4.79 Å². The Morgan fingerprint density at radius 3 is 2.48 bits per heavy atom. The van der Waals surface area contributed by atoms with Gasteiger partial charge in [-0.25, -0.2) is 4.98 Å². The number of amides is 1. The average Bonchev–Trinajstić information content (AvgIpc) is 2.62. The fourth-order valence-corrected chi connectivity index (χ4v) is 2.79. The molecule has 0 bridgehead atoms. The van der Waals surface area contributed by atoms with Crippen molar-refractivity contribution in [3.63, 3.8) is 0 Å². The molecule has 6 nitrogen and oxygen atoms in total. The average molecular weight is 311 g/mol. The summed E-state index contributed by atoms with van der Waals surface area (Å²) >= 11 is 0. The summed E-state index contributed by atoms with van der Waals surface area (Å²) < 4.78 is 0. The van der Waals surface area contributed by atoms with Gasteiger partial charge in [-0.05, 0) is 26.0 Å². The lowest BCUT2D eigenvalue weighted by Crippen LogP contribution is -2.49. The van der Waals surface area contributed by atoms with E-state index in [9.17, 15) is 4.79 Å². The molecule has 1 aliphatic heterocycles. The van der Waals surface area contributed by atoms with Gasteiger partial charge in [0, 0.05) is 44.6 Å². The van der Waals surface area contributed by atoms with Gasteiger partial charge in [-0.15, -0.1) is 0 Å². The standard InChI is InChI=1S/C17H21N5O/c1-13-11-20-16(12-19-13)17(23)22-9-7-21(8-10-22)14(2)15-5-3-4-6-18-15/h3-6,11-12,14H,7-10H2,1-2H3. The highest BCUT2D eigenvalue weighted by Gasteiger charge is 2.26. The molecule has 1 amide bonds. The molecule has 120 valence electrons. The van der Waals surface area contributed by atoms with E-state index in [0.29, 0.717) is 18.8 Å². The second-order valence-electron chi connectivity index (χ2n) is 5.80. The number of carbonyl (C=O) groups excluding carboxylic acids is 1. The highest BCUT2D eigenvalue weighted by molar-refractivity contribution is 5.92. The van der Waals surface area contributed by atoms with E-state index >= 15 is 0 Å². The molecule has 0 radical (unpaired) electrons. The van der Waals surface area contributed by atoms with Crippen molar-refractivity contribution in [1.29, 1.82) is 0 Å². The van der Waals surface area contributed by atoms with Gasteiger partial charge < -0.3 is 4.90 Å². The van der Waals surface area contributed by atoms with Gasteiger partial charge in [0.05, 0.1) is 17.6 Å². The molecule has 3 heterocycles. The molecule has 1 fully saturated rings. The molecular weight excluding hydrogens is 290 g/mol. The minimum atomic E-state index is -0.0392. The van der Waals surface area contributed by atoms with E-state index in [1.807, 2.05) is 36.2 Å². The van der Waals surface area contributed by atoms with E-state index in [2.05, 4.69) is 26.8 Å². The molecule has 1 unspecified atom stereocenters. The summed E-state index contributed by atoms with van der Waals surface area (Å²) in [5.41, 5.74) is 2.30. The molecule has 1 aliphatic rings. The first-order valence-corrected chi connectivity index (χ1v) is 7.88. The van der Waals surface area contributed by atoms with Crippen molar-refractivity contribution in [3.05, 3.63) is 53.9 Å². The monoisotopic (exact) mass is 311 g/mol. The Kier molecular flexibility index (Phi) is 4.62. The van der Waals surface area contributed by atoms with Gasteiger partial charge in [-0.2, -0.15) is 0 Å². The van der Waals surface area contributed by atoms with Crippen LogP contribution in [0.15, 0.2) is 36.8 Å². The maximum absolute atomic E-state index is 12.5. The summed E-state index contributed by atoms with van der Waals surface area (Å²) in [5.74, 6) is -0.0392. The smallest absolute Gasteiger partial charge is 0.274 e. The van der Waals surface area contributed by atoms with E-state index in [0.717, 1.165) is 24.5 Å². The third-order valence-corrected chi connectivity index (χ3v) is 4.27. The number of hydrogen-bond donors (Lipinski definition) is 0. The summed E-state index contributed by atoms with van der Waals surface area (Å²) in [6, 6.07) is 6.24. The van der Waals surface area contributed by atoms with Gasteiger partial charge in [-0.3, -0.25) is 19.7 Å². The zero-order valence-electron chi connectivity index (χ0n) is 13.5. The molecule has 23 heavy (non-hydrogen) atoms. The van der Waals surface area contributed by atoms with Crippen LogP contribution in [0.3, 0.4) is 0 Å².